The predicted molar refractivity (Wildman–Crippen MR) is 99.8 cm³/mol. The summed E-state index contributed by atoms with van der Waals surface area (Å²) in [4.78, 5) is 21.3. The Morgan fingerprint density at radius 3 is 2.56 bits per heavy atom. The third-order valence-electron chi connectivity index (χ3n) is 4.70. The lowest BCUT2D eigenvalue weighted by molar-refractivity contribution is -0.364. The van der Waals surface area contributed by atoms with Crippen molar-refractivity contribution in [2.75, 3.05) is 31.1 Å². The highest BCUT2D eigenvalue weighted by Gasteiger charge is 2.26. The van der Waals surface area contributed by atoms with E-state index in [1.165, 1.54) is 10.4 Å². The van der Waals surface area contributed by atoms with Gasteiger partial charge in [-0.05, 0) is 18.2 Å². The Balaban J connectivity index is 1.34. The zero-order valence-corrected chi connectivity index (χ0v) is 15.2. The van der Waals surface area contributed by atoms with Gasteiger partial charge in [0.05, 0.1) is 19.3 Å². The van der Waals surface area contributed by atoms with E-state index in [0.717, 1.165) is 24.5 Å². The molecular weight excluding hydrogens is 342 g/mol. The first kappa shape index (κ1) is 17.1. The molecule has 1 aliphatic heterocycles. The Kier molecular flexibility index (Phi) is 4.78. The molecule has 0 radical (unpaired) electrons. The minimum atomic E-state index is 0.0135. The number of benzene rings is 1. The first-order valence-electron chi connectivity index (χ1n) is 9.03. The fraction of sp³-hybridized carbons (Fsp3) is 0.316. The molecule has 0 unspecified atom stereocenters. The van der Waals surface area contributed by atoms with Crippen LogP contribution in [0.5, 0.6) is 0 Å². The lowest BCUT2D eigenvalue weighted by atomic mass is 10.1. The lowest BCUT2D eigenvalue weighted by Gasteiger charge is -2.30. The molecule has 3 heterocycles. The number of anilines is 1. The molecule has 0 aliphatic carbocycles. The van der Waals surface area contributed by atoms with Crippen molar-refractivity contribution < 1.29 is 9.78 Å². The first-order valence-corrected chi connectivity index (χ1v) is 9.03. The summed E-state index contributed by atoms with van der Waals surface area (Å²) < 4.78 is 0. The van der Waals surface area contributed by atoms with Crippen molar-refractivity contribution in [2.45, 2.75) is 13.5 Å². The maximum Gasteiger partial charge on any atom is 0.274 e. The Hall–Kier alpha value is -3.29. The van der Waals surface area contributed by atoms with Gasteiger partial charge in [0.2, 0.25) is 11.7 Å². The monoisotopic (exact) mass is 364 g/mol. The summed E-state index contributed by atoms with van der Waals surface area (Å²) in [7, 11) is 0. The molecule has 1 N–H and O–H groups in total. The molecule has 0 atom stereocenters. The molecule has 1 amide bonds. The number of piperazine rings is 1. The number of pyridine rings is 1. The largest absolute Gasteiger partial charge is 0.333 e. The number of carbonyl (C=O) groups excluding carboxylic acids is 1. The molecule has 27 heavy (non-hydrogen) atoms. The van der Waals surface area contributed by atoms with Crippen molar-refractivity contribution in [1.29, 1.82) is 0 Å². The first-order chi connectivity index (χ1) is 13.2. The van der Waals surface area contributed by atoms with E-state index in [9.17, 15) is 4.79 Å². The highest BCUT2D eigenvalue weighted by atomic mass is 16.2. The Labute approximate surface area is 157 Å². The van der Waals surface area contributed by atoms with Gasteiger partial charge in [-0.2, -0.15) is 4.80 Å². The van der Waals surface area contributed by atoms with E-state index in [4.69, 9.17) is 0 Å². The van der Waals surface area contributed by atoms with Crippen LogP contribution in [0.15, 0.2) is 48.7 Å². The van der Waals surface area contributed by atoms with E-state index in [1.54, 1.807) is 0 Å². The van der Waals surface area contributed by atoms with E-state index >= 15 is 0 Å². The van der Waals surface area contributed by atoms with Gasteiger partial charge in [-0.3, -0.25) is 9.69 Å². The van der Waals surface area contributed by atoms with E-state index in [0.29, 0.717) is 18.9 Å². The summed E-state index contributed by atoms with van der Waals surface area (Å²) in [5, 5.41) is 12.4. The normalized spacial score (nSPS) is 14.4. The van der Waals surface area contributed by atoms with Gasteiger partial charge in [0.1, 0.15) is 19.6 Å². The number of rotatable bonds is 4. The van der Waals surface area contributed by atoms with E-state index in [1.807, 2.05) is 60.5 Å². The minimum absolute atomic E-state index is 0.0135. The highest BCUT2D eigenvalue weighted by Crippen LogP contribution is 2.14. The lowest BCUT2D eigenvalue weighted by Crippen LogP contribution is -2.50. The molecular formula is C19H22N7O+. The number of tetrazole rings is 1. The minimum Gasteiger partial charge on any atom is -0.333 e. The number of H-pyrrole nitrogens is 1. The van der Waals surface area contributed by atoms with Crippen molar-refractivity contribution in [3.8, 4) is 11.4 Å². The van der Waals surface area contributed by atoms with Crippen molar-refractivity contribution in [2.24, 2.45) is 0 Å². The van der Waals surface area contributed by atoms with Gasteiger partial charge < -0.3 is 4.90 Å². The molecule has 8 nitrogen and oxygen atoms in total. The molecule has 3 aromatic rings. The average Bonchev–Trinajstić information content (AvgIpc) is 3.18. The second kappa shape index (κ2) is 7.53. The van der Waals surface area contributed by atoms with Crippen LogP contribution in [0.4, 0.5) is 5.82 Å². The summed E-state index contributed by atoms with van der Waals surface area (Å²) in [6.07, 6.45) is 1.91. The van der Waals surface area contributed by atoms with Gasteiger partial charge in [-0.15, -0.1) is 10.2 Å². The molecule has 8 heteroatoms. The number of nitrogens with zero attached hydrogens (tertiary/aromatic N) is 6. The Morgan fingerprint density at radius 2 is 1.85 bits per heavy atom. The molecule has 4 rings (SSSR count). The fourth-order valence-electron chi connectivity index (χ4n) is 3.13. The van der Waals surface area contributed by atoms with Crippen LogP contribution in [0.25, 0.3) is 11.4 Å². The molecule has 2 aromatic heterocycles. The summed E-state index contributed by atoms with van der Waals surface area (Å²) in [6.45, 7) is 5.10. The van der Waals surface area contributed by atoms with Crippen LogP contribution in [-0.2, 0) is 11.3 Å². The number of nitrogens with one attached hydrogen (secondary N) is 1. The Bertz CT molecular complexity index is 899. The molecule has 0 saturated carbocycles. The van der Waals surface area contributed by atoms with Crippen LogP contribution in [0.2, 0.25) is 0 Å². The number of carbonyl (C=O) groups is 1. The van der Waals surface area contributed by atoms with Crippen LogP contribution < -0.4 is 9.88 Å². The number of aromatic amines is 1. The van der Waals surface area contributed by atoms with Gasteiger partial charge in [-0.1, -0.05) is 35.9 Å². The van der Waals surface area contributed by atoms with Crippen LogP contribution >= 0.6 is 0 Å². The second-order valence-corrected chi connectivity index (χ2v) is 6.63. The van der Waals surface area contributed by atoms with Gasteiger partial charge >= 0.3 is 0 Å². The van der Waals surface area contributed by atoms with Crippen molar-refractivity contribution in [1.82, 2.24) is 25.1 Å². The van der Waals surface area contributed by atoms with Crippen molar-refractivity contribution in [3.63, 3.8) is 0 Å². The maximum absolute atomic E-state index is 12.6. The van der Waals surface area contributed by atoms with E-state index < -0.39 is 0 Å². The number of hydrogen-bond donors (Lipinski definition) is 0. The van der Waals surface area contributed by atoms with Crippen LogP contribution in [0.3, 0.4) is 0 Å². The highest BCUT2D eigenvalue weighted by molar-refractivity contribution is 5.76. The second-order valence-electron chi connectivity index (χ2n) is 6.63. The maximum atomic E-state index is 12.6. The summed E-state index contributed by atoms with van der Waals surface area (Å²) in [5.41, 5.74) is 2.07. The van der Waals surface area contributed by atoms with E-state index in [-0.39, 0.29) is 12.5 Å². The molecule has 0 spiro atoms. The molecule has 1 fully saturated rings. The quantitative estimate of drug-likeness (QED) is 0.684. The number of amides is 1. The van der Waals surface area contributed by atoms with Crippen molar-refractivity contribution in [3.05, 3.63) is 54.2 Å². The number of aromatic nitrogens is 5. The van der Waals surface area contributed by atoms with Gasteiger partial charge in [0.15, 0.2) is 0 Å². The van der Waals surface area contributed by atoms with Gasteiger partial charge in [0, 0.05) is 11.6 Å². The smallest absolute Gasteiger partial charge is 0.274 e. The number of hydrogen-bond acceptors (Lipinski definition) is 5. The molecule has 0 bridgehead atoms. The average molecular weight is 364 g/mol. The van der Waals surface area contributed by atoms with Crippen molar-refractivity contribution >= 4 is 11.7 Å². The van der Waals surface area contributed by atoms with Gasteiger partial charge in [0.25, 0.3) is 5.82 Å². The topological polar surface area (TPSA) is 81.3 Å². The van der Waals surface area contributed by atoms with Gasteiger partial charge in [-0.25, -0.2) is 4.98 Å². The zero-order chi connectivity index (χ0) is 18.6. The number of aryl methyl sites for hydroxylation is 1. The zero-order valence-electron chi connectivity index (χ0n) is 15.2. The van der Waals surface area contributed by atoms with Crippen LogP contribution in [-0.4, -0.2) is 57.2 Å². The van der Waals surface area contributed by atoms with Crippen LogP contribution in [0, 0.1) is 6.92 Å². The summed E-state index contributed by atoms with van der Waals surface area (Å²) >= 11 is 0. The molecule has 1 aromatic carbocycles. The SMILES string of the molecule is Cc1ccc(-c2nnn(CC(=O)N3CCN(c4cccc[nH+]4)CC3)n2)cc1. The van der Waals surface area contributed by atoms with Crippen LogP contribution in [0.1, 0.15) is 5.56 Å². The standard InChI is InChI=1S/C19H21N7O/c1-15-5-7-16(8-6-15)19-21-23-26(22-19)14-18(27)25-12-10-24(11-13-25)17-4-2-3-9-20-17/h2-9H,10-14H2,1H3/p+1. The predicted octanol–water partition coefficient (Wildman–Crippen LogP) is 0.811. The third kappa shape index (κ3) is 3.94. The summed E-state index contributed by atoms with van der Waals surface area (Å²) in [6, 6.07) is 13.9. The Morgan fingerprint density at radius 1 is 1.07 bits per heavy atom. The molecule has 138 valence electrons. The summed E-state index contributed by atoms with van der Waals surface area (Å²) in [5.74, 6) is 1.62. The van der Waals surface area contributed by atoms with E-state index in [2.05, 4.69) is 25.3 Å². The fourth-order valence-corrected chi connectivity index (χ4v) is 3.13. The third-order valence-corrected chi connectivity index (χ3v) is 4.70. The molecule has 1 aliphatic rings. The molecule has 1 saturated heterocycles.